The van der Waals surface area contributed by atoms with Crippen molar-refractivity contribution in [1.29, 1.82) is 0 Å². The van der Waals surface area contributed by atoms with Crippen LogP contribution in [0, 0.1) is 5.41 Å². The normalized spacial score (nSPS) is 24.4. The molecule has 1 aliphatic heterocycles. The number of likely N-dealkylation sites (N-methyl/N-ethyl adjacent to an activating group) is 1. The predicted octanol–water partition coefficient (Wildman–Crippen LogP) is 1.82. The number of aliphatic imine (C=N–C) groups is 1. The van der Waals surface area contributed by atoms with Crippen molar-refractivity contribution in [3.8, 4) is 0 Å². The van der Waals surface area contributed by atoms with Crippen molar-refractivity contribution in [3.05, 3.63) is 0 Å². The number of ether oxygens (including phenoxy) is 1. The fraction of sp³-hybridized carbons (Fsp3) is 0.944. The van der Waals surface area contributed by atoms with Gasteiger partial charge >= 0.3 is 0 Å². The molecule has 6 nitrogen and oxygen atoms in total. The molecule has 148 valence electrons. The van der Waals surface area contributed by atoms with Crippen LogP contribution in [-0.2, 0) is 4.74 Å². The number of nitrogens with zero attached hydrogens (tertiary/aromatic N) is 2. The summed E-state index contributed by atoms with van der Waals surface area (Å²) in [7, 11) is 2.14. The lowest BCUT2D eigenvalue weighted by Crippen LogP contribution is -2.48. The van der Waals surface area contributed by atoms with E-state index in [-0.39, 0.29) is 42.1 Å². The van der Waals surface area contributed by atoms with Crippen molar-refractivity contribution < 1.29 is 9.84 Å². The van der Waals surface area contributed by atoms with Gasteiger partial charge in [-0.05, 0) is 38.6 Å². The summed E-state index contributed by atoms with van der Waals surface area (Å²) in [5, 5.41) is 16.2. The van der Waals surface area contributed by atoms with Crippen LogP contribution in [0.3, 0.4) is 0 Å². The fourth-order valence-electron chi connectivity index (χ4n) is 3.82. The number of hydrogen-bond donors (Lipinski definition) is 3. The highest BCUT2D eigenvalue weighted by Crippen LogP contribution is 2.39. The van der Waals surface area contributed by atoms with E-state index in [0.717, 1.165) is 51.7 Å². The second-order valence-corrected chi connectivity index (χ2v) is 7.37. The SMILES string of the molecule is CCNC(=NCC1(CCO)CCCCC1)NCC1CN(C)CCO1.I. The van der Waals surface area contributed by atoms with Crippen molar-refractivity contribution in [1.82, 2.24) is 15.5 Å². The summed E-state index contributed by atoms with van der Waals surface area (Å²) in [4.78, 5) is 7.15. The molecular weight excluding hydrogens is 431 g/mol. The first kappa shape index (κ1) is 22.9. The first-order chi connectivity index (χ1) is 11.7. The van der Waals surface area contributed by atoms with Gasteiger partial charge in [-0.15, -0.1) is 24.0 Å². The molecule has 0 bridgehead atoms. The Morgan fingerprint density at radius 1 is 1.28 bits per heavy atom. The van der Waals surface area contributed by atoms with Crippen molar-refractivity contribution in [3.63, 3.8) is 0 Å². The Kier molecular flexibility index (Phi) is 11.3. The summed E-state index contributed by atoms with van der Waals surface area (Å²) >= 11 is 0. The quantitative estimate of drug-likeness (QED) is 0.302. The van der Waals surface area contributed by atoms with Gasteiger partial charge in [-0.3, -0.25) is 4.99 Å². The van der Waals surface area contributed by atoms with E-state index in [0.29, 0.717) is 0 Å². The number of rotatable bonds is 7. The van der Waals surface area contributed by atoms with Crippen LogP contribution in [0.5, 0.6) is 0 Å². The highest BCUT2D eigenvalue weighted by Gasteiger charge is 2.31. The predicted molar refractivity (Wildman–Crippen MR) is 114 cm³/mol. The topological polar surface area (TPSA) is 69.1 Å². The Balaban J connectivity index is 0.00000312. The average molecular weight is 468 g/mol. The van der Waals surface area contributed by atoms with E-state index in [9.17, 15) is 5.11 Å². The highest BCUT2D eigenvalue weighted by atomic mass is 127. The smallest absolute Gasteiger partial charge is 0.191 e. The van der Waals surface area contributed by atoms with Gasteiger partial charge in [0, 0.05) is 39.3 Å². The van der Waals surface area contributed by atoms with Crippen LogP contribution in [0.25, 0.3) is 0 Å². The average Bonchev–Trinajstić information content (AvgIpc) is 2.59. The van der Waals surface area contributed by atoms with Gasteiger partial charge in [0.1, 0.15) is 0 Å². The van der Waals surface area contributed by atoms with Crippen LogP contribution >= 0.6 is 24.0 Å². The van der Waals surface area contributed by atoms with Crippen LogP contribution in [0.2, 0.25) is 0 Å². The van der Waals surface area contributed by atoms with Crippen molar-refractivity contribution in [2.45, 2.75) is 51.6 Å². The monoisotopic (exact) mass is 468 g/mol. The van der Waals surface area contributed by atoms with Gasteiger partial charge in [-0.1, -0.05) is 19.3 Å². The largest absolute Gasteiger partial charge is 0.396 e. The Labute approximate surface area is 170 Å². The zero-order chi connectivity index (χ0) is 17.3. The van der Waals surface area contributed by atoms with E-state index in [1.165, 1.54) is 32.1 Å². The Hall–Kier alpha value is -0.120. The molecule has 0 aromatic rings. The van der Waals surface area contributed by atoms with Gasteiger partial charge in [0.2, 0.25) is 0 Å². The van der Waals surface area contributed by atoms with Crippen molar-refractivity contribution in [2.75, 3.05) is 53.0 Å². The Morgan fingerprint density at radius 2 is 2.04 bits per heavy atom. The summed E-state index contributed by atoms with van der Waals surface area (Å²) in [5.41, 5.74) is 0.191. The highest BCUT2D eigenvalue weighted by molar-refractivity contribution is 14.0. The first-order valence-corrected chi connectivity index (χ1v) is 9.61. The molecule has 0 aromatic carbocycles. The molecule has 0 aromatic heterocycles. The molecule has 1 atom stereocenters. The third-order valence-electron chi connectivity index (χ3n) is 5.31. The molecule has 0 amide bonds. The van der Waals surface area contributed by atoms with Crippen LogP contribution in [0.1, 0.15) is 45.4 Å². The maximum atomic E-state index is 9.45. The minimum atomic E-state index is 0. The number of morpholine rings is 1. The van der Waals surface area contributed by atoms with Crippen LogP contribution < -0.4 is 10.6 Å². The van der Waals surface area contributed by atoms with E-state index in [4.69, 9.17) is 9.73 Å². The van der Waals surface area contributed by atoms with Gasteiger partial charge in [-0.2, -0.15) is 0 Å². The lowest BCUT2D eigenvalue weighted by Gasteiger charge is -2.36. The number of aliphatic hydroxyl groups is 1. The third kappa shape index (κ3) is 7.97. The van der Waals surface area contributed by atoms with E-state index in [1.54, 1.807) is 0 Å². The van der Waals surface area contributed by atoms with Gasteiger partial charge in [0.15, 0.2) is 5.96 Å². The van der Waals surface area contributed by atoms with Crippen LogP contribution in [0.15, 0.2) is 4.99 Å². The van der Waals surface area contributed by atoms with E-state index in [1.807, 2.05) is 0 Å². The van der Waals surface area contributed by atoms with Gasteiger partial charge < -0.3 is 25.4 Å². The third-order valence-corrected chi connectivity index (χ3v) is 5.31. The van der Waals surface area contributed by atoms with Crippen molar-refractivity contribution >= 4 is 29.9 Å². The van der Waals surface area contributed by atoms with Crippen LogP contribution in [0.4, 0.5) is 0 Å². The molecule has 25 heavy (non-hydrogen) atoms. The lowest BCUT2D eigenvalue weighted by atomic mass is 9.72. The zero-order valence-corrected chi connectivity index (χ0v) is 18.3. The maximum absolute atomic E-state index is 9.45. The van der Waals surface area contributed by atoms with Gasteiger partial charge in [0.05, 0.1) is 12.7 Å². The van der Waals surface area contributed by atoms with E-state index in [2.05, 4.69) is 29.5 Å². The molecule has 7 heteroatoms. The second kappa shape index (κ2) is 12.3. The van der Waals surface area contributed by atoms with Gasteiger partial charge in [0.25, 0.3) is 0 Å². The number of guanidine groups is 1. The molecule has 1 saturated heterocycles. The fourth-order valence-corrected chi connectivity index (χ4v) is 3.82. The van der Waals surface area contributed by atoms with E-state index >= 15 is 0 Å². The number of hydrogen-bond acceptors (Lipinski definition) is 4. The Morgan fingerprint density at radius 3 is 2.68 bits per heavy atom. The number of halogens is 1. The molecule has 1 saturated carbocycles. The molecule has 2 rings (SSSR count). The molecule has 0 spiro atoms. The first-order valence-electron chi connectivity index (χ1n) is 9.61. The Bertz CT molecular complexity index is 384. The molecule has 1 aliphatic carbocycles. The molecule has 1 heterocycles. The molecule has 0 radical (unpaired) electrons. The summed E-state index contributed by atoms with van der Waals surface area (Å²) in [6.07, 6.45) is 7.31. The summed E-state index contributed by atoms with van der Waals surface area (Å²) in [5.74, 6) is 0.872. The molecule has 1 unspecified atom stereocenters. The summed E-state index contributed by atoms with van der Waals surface area (Å²) in [6, 6.07) is 0. The van der Waals surface area contributed by atoms with Crippen molar-refractivity contribution in [2.24, 2.45) is 10.4 Å². The second-order valence-electron chi connectivity index (χ2n) is 7.37. The zero-order valence-electron chi connectivity index (χ0n) is 15.9. The summed E-state index contributed by atoms with van der Waals surface area (Å²) in [6.45, 7) is 7.56. The van der Waals surface area contributed by atoms with Gasteiger partial charge in [-0.25, -0.2) is 0 Å². The molecule has 3 N–H and O–H groups in total. The summed E-state index contributed by atoms with van der Waals surface area (Å²) < 4.78 is 5.81. The maximum Gasteiger partial charge on any atom is 0.191 e. The number of nitrogens with one attached hydrogen (secondary N) is 2. The minimum Gasteiger partial charge on any atom is -0.396 e. The molecule has 2 fully saturated rings. The lowest BCUT2D eigenvalue weighted by molar-refractivity contribution is -0.0161. The molecule has 2 aliphatic rings. The minimum absolute atomic E-state index is 0. The van der Waals surface area contributed by atoms with E-state index < -0.39 is 0 Å². The van der Waals surface area contributed by atoms with Crippen LogP contribution in [-0.4, -0.2) is 75.1 Å². The number of aliphatic hydroxyl groups excluding tert-OH is 1. The molecular formula is C18H37IN4O2. The standard InChI is InChI=1S/C18H36N4O2.HI/c1-3-19-17(20-13-16-14-22(2)10-12-24-16)21-15-18(9-11-23)7-5-4-6-8-18;/h16,23H,3-15H2,1-2H3,(H2,19,20,21);1H.